The van der Waals surface area contributed by atoms with Crippen molar-refractivity contribution in [3.63, 3.8) is 0 Å². The molecule has 0 aromatic heterocycles. The van der Waals surface area contributed by atoms with Crippen LogP contribution in [0.3, 0.4) is 0 Å². The van der Waals surface area contributed by atoms with Crippen LogP contribution in [0.4, 0.5) is 0 Å². The number of hydrogen-bond acceptors (Lipinski definition) is 6. The maximum Gasteiger partial charge on any atom is 0.306 e. The molecular formula is C60H116O6. The lowest BCUT2D eigenvalue weighted by Gasteiger charge is -2.18. The number of ether oxygens (including phenoxy) is 3. The van der Waals surface area contributed by atoms with Crippen molar-refractivity contribution in [1.82, 2.24) is 0 Å². The molecule has 0 aliphatic rings. The van der Waals surface area contributed by atoms with E-state index in [0.29, 0.717) is 19.3 Å². The van der Waals surface area contributed by atoms with Crippen molar-refractivity contribution in [2.75, 3.05) is 13.2 Å². The number of unbranched alkanes of at least 4 members (excludes halogenated alkanes) is 41. The van der Waals surface area contributed by atoms with Gasteiger partial charge >= 0.3 is 17.9 Å². The molecule has 6 heteroatoms. The Bertz CT molecular complexity index is 998. The van der Waals surface area contributed by atoms with Crippen LogP contribution in [0.5, 0.6) is 0 Å². The van der Waals surface area contributed by atoms with E-state index < -0.39 is 6.10 Å². The van der Waals surface area contributed by atoms with Gasteiger partial charge in [-0.1, -0.05) is 304 Å². The molecule has 0 radical (unpaired) electrons. The Morgan fingerprint density at radius 3 is 0.788 bits per heavy atom. The van der Waals surface area contributed by atoms with Crippen LogP contribution >= 0.6 is 0 Å². The molecule has 6 nitrogen and oxygen atoms in total. The third-order valence-electron chi connectivity index (χ3n) is 14.2. The van der Waals surface area contributed by atoms with Crippen molar-refractivity contribution in [3.05, 3.63) is 0 Å². The van der Waals surface area contributed by atoms with E-state index >= 15 is 0 Å². The topological polar surface area (TPSA) is 78.9 Å². The highest BCUT2D eigenvalue weighted by atomic mass is 16.6. The van der Waals surface area contributed by atoms with Crippen molar-refractivity contribution in [3.8, 4) is 0 Å². The monoisotopic (exact) mass is 933 g/mol. The molecule has 2 atom stereocenters. The molecule has 0 amide bonds. The molecule has 0 aliphatic heterocycles. The number of hydrogen-bond donors (Lipinski definition) is 0. The Morgan fingerprint density at radius 2 is 0.530 bits per heavy atom. The summed E-state index contributed by atoms with van der Waals surface area (Å²) >= 11 is 0. The van der Waals surface area contributed by atoms with Gasteiger partial charge in [0.05, 0.1) is 0 Å². The molecule has 0 bridgehead atoms. The highest BCUT2D eigenvalue weighted by Gasteiger charge is 2.19. The Kier molecular flexibility index (Phi) is 53.0. The number of carbonyl (C=O) groups excluding carboxylic acids is 3. The van der Waals surface area contributed by atoms with Crippen LogP contribution in [0, 0.1) is 5.92 Å². The number of rotatable bonds is 55. The van der Waals surface area contributed by atoms with Crippen molar-refractivity contribution in [2.45, 2.75) is 348 Å². The second-order valence-electron chi connectivity index (χ2n) is 20.9. The van der Waals surface area contributed by atoms with E-state index in [-0.39, 0.29) is 31.1 Å². The van der Waals surface area contributed by atoms with Gasteiger partial charge in [-0.3, -0.25) is 14.4 Å². The van der Waals surface area contributed by atoms with Crippen LogP contribution in [-0.4, -0.2) is 37.2 Å². The first-order valence-electron chi connectivity index (χ1n) is 29.9. The van der Waals surface area contributed by atoms with Crippen molar-refractivity contribution in [1.29, 1.82) is 0 Å². The van der Waals surface area contributed by atoms with Gasteiger partial charge in [-0.15, -0.1) is 0 Å². The zero-order chi connectivity index (χ0) is 48.1. The third kappa shape index (κ3) is 51.8. The summed E-state index contributed by atoms with van der Waals surface area (Å²) in [5.41, 5.74) is 0. The largest absolute Gasteiger partial charge is 0.462 e. The van der Waals surface area contributed by atoms with E-state index in [2.05, 4.69) is 27.7 Å². The lowest BCUT2D eigenvalue weighted by atomic mass is 9.99. The van der Waals surface area contributed by atoms with Crippen LogP contribution in [-0.2, 0) is 28.6 Å². The first-order chi connectivity index (χ1) is 32.4. The van der Waals surface area contributed by atoms with Gasteiger partial charge in [-0.25, -0.2) is 0 Å². The molecule has 66 heavy (non-hydrogen) atoms. The minimum absolute atomic E-state index is 0.0616. The maximum absolute atomic E-state index is 12.9. The van der Waals surface area contributed by atoms with Crippen molar-refractivity contribution >= 4 is 17.9 Å². The summed E-state index contributed by atoms with van der Waals surface area (Å²) in [6.07, 6.45) is 59.5. The molecular weight excluding hydrogens is 817 g/mol. The first kappa shape index (κ1) is 64.4. The van der Waals surface area contributed by atoms with Crippen LogP contribution in [0.1, 0.15) is 342 Å². The predicted molar refractivity (Wildman–Crippen MR) is 284 cm³/mol. The molecule has 0 rings (SSSR count). The summed E-state index contributed by atoms with van der Waals surface area (Å²) in [4.78, 5) is 38.1. The molecule has 0 spiro atoms. The van der Waals surface area contributed by atoms with E-state index in [9.17, 15) is 14.4 Å². The Balaban J connectivity index is 4.22. The summed E-state index contributed by atoms with van der Waals surface area (Å²) in [5.74, 6) is 0.0750. The normalized spacial score (nSPS) is 12.4. The molecule has 0 saturated heterocycles. The van der Waals surface area contributed by atoms with E-state index in [1.165, 1.54) is 238 Å². The van der Waals surface area contributed by atoms with E-state index in [0.717, 1.165) is 63.7 Å². The van der Waals surface area contributed by atoms with Gasteiger partial charge in [0.25, 0.3) is 0 Å². The average Bonchev–Trinajstić information content (AvgIpc) is 3.32. The van der Waals surface area contributed by atoms with Gasteiger partial charge in [0.2, 0.25) is 0 Å². The Labute approximate surface area is 412 Å². The van der Waals surface area contributed by atoms with E-state index in [4.69, 9.17) is 14.2 Å². The zero-order valence-electron chi connectivity index (χ0n) is 45.2. The summed E-state index contributed by atoms with van der Waals surface area (Å²) in [6, 6.07) is 0. The van der Waals surface area contributed by atoms with Gasteiger partial charge in [0.1, 0.15) is 13.2 Å². The van der Waals surface area contributed by atoms with E-state index in [1.807, 2.05) is 0 Å². The SMILES string of the molecule is CCCCCCCCCCCCCCCCCC(=O)OC[C@@H](COC(=O)CCCCCCCCCCCCC)OC(=O)CCCCCCCCCCCCCCCCCCCCC(C)CC. The van der Waals surface area contributed by atoms with Crippen molar-refractivity contribution in [2.24, 2.45) is 5.92 Å². The van der Waals surface area contributed by atoms with Crippen LogP contribution in [0.15, 0.2) is 0 Å². The summed E-state index contributed by atoms with van der Waals surface area (Å²) in [5, 5.41) is 0. The second kappa shape index (κ2) is 54.4. The zero-order valence-corrected chi connectivity index (χ0v) is 45.2. The quantitative estimate of drug-likeness (QED) is 0.0343. The number of esters is 3. The third-order valence-corrected chi connectivity index (χ3v) is 14.2. The van der Waals surface area contributed by atoms with Crippen LogP contribution in [0.2, 0.25) is 0 Å². The van der Waals surface area contributed by atoms with Gasteiger partial charge < -0.3 is 14.2 Å². The fraction of sp³-hybridized carbons (Fsp3) is 0.950. The number of carbonyl (C=O) groups is 3. The maximum atomic E-state index is 12.9. The highest BCUT2D eigenvalue weighted by molar-refractivity contribution is 5.71. The minimum atomic E-state index is -0.761. The molecule has 1 unspecified atom stereocenters. The minimum Gasteiger partial charge on any atom is -0.462 e. The molecule has 0 heterocycles. The lowest BCUT2D eigenvalue weighted by Crippen LogP contribution is -2.30. The molecule has 0 aromatic carbocycles. The van der Waals surface area contributed by atoms with Crippen LogP contribution in [0.25, 0.3) is 0 Å². The average molecular weight is 934 g/mol. The summed E-state index contributed by atoms with van der Waals surface area (Å²) < 4.78 is 16.9. The van der Waals surface area contributed by atoms with Gasteiger partial charge in [0.15, 0.2) is 6.10 Å². The molecule has 0 N–H and O–H groups in total. The molecule has 0 aromatic rings. The van der Waals surface area contributed by atoms with Gasteiger partial charge in [0, 0.05) is 19.3 Å². The van der Waals surface area contributed by atoms with Gasteiger partial charge in [-0.05, 0) is 25.2 Å². The Hall–Kier alpha value is -1.59. The summed E-state index contributed by atoms with van der Waals surface area (Å²) in [6.45, 7) is 9.11. The lowest BCUT2D eigenvalue weighted by molar-refractivity contribution is -0.167. The molecule has 392 valence electrons. The molecule has 0 saturated carbocycles. The van der Waals surface area contributed by atoms with Crippen LogP contribution < -0.4 is 0 Å². The predicted octanol–water partition coefficient (Wildman–Crippen LogP) is 19.8. The molecule has 0 fully saturated rings. The van der Waals surface area contributed by atoms with Gasteiger partial charge in [-0.2, -0.15) is 0 Å². The Morgan fingerprint density at radius 1 is 0.303 bits per heavy atom. The fourth-order valence-corrected chi connectivity index (χ4v) is 9.25. The highest BCUT2D eigenvalue weighted by Crippen LogP contribution is 2.19. The fourth-order valence-electron chi connectivity index (χ4n) is 9.25. The smallest absolute Gasteiger partial charge is 0.306 e. The molecule has 0 aliphatic carbocycles. The second-order valence-corrected chi connectivity index (χ2v) is 20.9. The standard InChI is InChI=1S/C60H116O6/c1-5-8-10-12-14-16-18-19-24-28-32-36-40-44-48-52-59(62)65-55-57(54-64-58(61)51-47-43-39-35-30-17-15-13-11-9-6-2)66-60(63)53-49-45-41-37-33-29-26-23-21-20-22-25-27-31-34-38-42-46-50-56(4)7-3/h56-57H,5-55H2,1-4H3/t56?,57-/m1/s1. The van der Waals surface area contributed by atoms with E-state index in [1.54, 1.807) is 0 Å². The summed E-state index contributed by atoms with van der Waals surface area (Å²) in [7, 11) is 0. The van der Waals surface area contributed by atoms with Crippen molar-refractivity contribution < 1.29 is 28.6 Å². The first-order valence-corrected chi connectivity index (χ1v) is 29.9.